The van der Waals surface area contributed by atoms with Crippen molar-refractivity contribution >= 4 is 17.5 Å². The number of aldehydes is 1. The van der Waals surface area contributed by atoms with Crippen LogP contribution < -0.4 is 4.90 Å². The number of benzene rings is 1. The van der Waals surface area contributed by atoms with Crippen LogP contribution in [0, 0.1) is 0 Å². The van der Waals surface area contributed by atoms with E-state index in [-0.39, 0.29) is 0 Å². The normalized spacial score (nSPS) is 10.8. The van der Waals surface area contributed by atoms with Crippen LogP contribution in [0.4, 0.5) is 5.69 Å². The quantitative estimate of drug-likeness (QED) is 0.511. The Bertz CT molecular complexity index is 1060. The molecule has 3 heterocycles. The number of carbonyl (C=O) groups is 1. The van der Waals surface area contributed by atoms with E-state index in [1.54, 1.807) is 6.20 Å². The fourth-order valence-electron chi connectivity index (χ4n) is 3.33. The van der Waals surface area contributed by atoms with Crippen LogP contribution in [0.1, 0.15) is 10.4 Å². The van der Waals surface area contributed by atoms with Gasteiger partial charge < -0.3 is 9.30 Å². The summed E-state index contributed by atoms with van der Waals surface area (Å²) in [7, 11) is 4.02. The lowest BCUT2D eigenvalue weighted by molar-refractivity contribution is 0.112. The molecule has 1 aromatic carbocycles. The summed E-state index contributed by atoms with van der Waals surface area (Å²) in [5.41, 5.74) is 6.31. The van der Waals surface area contributed by atoms with Gasteiger partial charge in [0.25, 0.3) is 0 Å². The summed E-state index contributed by atoms with van der Waals surface area (Å²) in [5, 5.41) is 0. The highest BCUT2D eigenvalue weighted by molar-refractivity contribution is 6.02. The molecule has 4 aromatic rings. The van der Waals surface area contributed by atoms with Crippen LogP contribution in [0.3, 0.4) is 0 Å². The van der Waals surface area contributed by atoms with Gasteiger partial charge in [0.15, 0.2) is 6.29 Å². The van der Waals surface area contributed by atoms with E-state index in [9.17, 15) is 4.79 Å². The largest absolute Gasteiger partial charge is 0.378 e. The molecule has 4 nitrogen and oxygen atoms in total. The Morgan fingerprint density at radius 1 is 0.962 bits per heavy atom. The third kappa shape index (κ3) is 2.56. The second kappa shape index (κ2) is 6.48. The molecule has 0 aliphatic rings. The van der Waals surface area contributed by atoms with E-state index in [0.29, 0.717) is 5.56 Å². The monoisotopic (exact) mass is 341 g/mol. The van der Waals surface area contributed by atoms with Crippen molar-refractivity contribution in [2.45, 2.75) is 0 Å². The lowest BCUT2D eigenvalue weighted by Crippen LogP contribution is -2.08. The van der Waals surface area contributed by atoms with Crippen LogP contribution in [0.5, 0.6) is 0 Å². The van der Waals surface area contributed by atoms with Crippen LogP contribution in [-0.4, -0.2) is 29.8 Å². The molecule has 4 rings (SSSR count). The molecule has 0 unspecified atom stereocenters. The summed E-state index contributed by atoms with van der Waals surface area (Å²) < 4.78 is 2.07. The first-order valence-corrected chi connectivity index (χ1v) is 8.48. The molecule has 0 amide bonds. The Labute approximate surface area is 152 Å². The number of anilines is 1. The number of pyridine rings is 2. The molecule has 0 atom stereocenters. The first kappa shape index (κ1) is 16.1. The first-order chi connectivity index (χ1) is 12.7. The van der Waals surface area contributed by atoms with Crippen LogP contribution >= 0.6 is 0 Å². The molecule has 0 aliphatic heterocycles. The number of rotatable bonds is 4. The summed E-state index contributed by atoms with van der Waals surface area (Å²) >= 11 is 0. The van der Waals surface area contributed by atoms with Crippen molar-refractivity contribution in [1.29, 1.82) is 0 Å². The third-order valence-corrected chi connectivity index (χ3v) is 4.58. The molecular weight excluding hydrogens is 322 g/mol. The molecule has 3 aromatic heterocycles. The van der Waals surface area contributed by atoms with Crippen LogP contribution in [0.2, 0.25) is 0 Å². The van der Waals surface area contributed by atoms with Crippen molar-refractivity contribution in [3.05, 3.63) is 78.6 Å². The number of hydrogen-bond acceptors (Lipinski definition) is 3. The van der Waals surface area contributed by atoms with Gasteiger partial charge >= 0.3 is 0 Å². The maximum Gasteiger partial charge on any atom is 0.152 e. The second-order valence-electron chi connectivity index (χ2n) is 6.37. The maximum atomic E-state index is 12.1. The van der Waals surface area contributed by atoms with Gasteiger partial charge in [-0.15, -0.1) is 0 Å². The molecule has 0 saturated carbocycles. The van der Waals surface area contributed by atoms with Gasteiger partial charge in [0.05, 0.1) is 22.5 Å². The summed E-state index contributed by atoms with van der Waals surface area (Å²) in [5.74, 6) is 0. The smallest absolute Gasteiger partial charge is 0.152 e. The molecule has 0 N–H and O–H groups in total. The number of fused-ring (bicyclic) bond motifs is 1. The van der Waals surface area contributed by atoms with E-state index in [2.05, 4.69) is 38.6 Å². The predicted octanol–water partition coefficient (Wildman–Crippen LogP) is 4.55. The Kier molecular flexibility index (Phi) is 4.01. The number of hydrogen-bond donors (Lipinski definition) is 0. The summed E-state index contributed by atoms with van der Waals surface area (Å²) in [4.78, 5) is 18.6. The highest BCUT2D eigenvalue weighted by atomic mass is 16.1. The number of nitrogens with zero attached hydrogens (tertiary/aromatic N) is 3. The average Bonchev–Trinajstić information content (AvgIpc) is 3.03. The van der Waals surface area contributed by atoms with Gasteiger partial charge in [-0.25, -0.2) is 0 Å². The Morgan fingerprint density at radius 2 is 1.73 bits per heavy atom. The molecule has 0 radical (unpaired) electrons. The predicted molar refractivity (Wildman–Crippen MR) is 106 cm³/mol. The molecule has 0 spiro atoms. The lowest BCUT2D eigenvalue weighted by atomic mass is 10.0. The van der Waals surface area contributed by atoms with Gasteiger partial charge in [0.1, 0.15) is 0 Å². The molecule has 4 heteroatoms. The summed E-state index contributed by atoms with van der Waals surface area (Å²) in [6.07, 6.45) is 4.68. The standard InChI is InChI=1S/C22H19N3O/c1-24(2)17-11-9-16(10-12-17)22-18(15-26)21(19-7-3-5-13-23-19)20-8-4-6-14-25(20)22/h3-15H,1-2H3. The number of carbonyl (C=O) groups excluding carboxylic acids is 1. The van der Waals surface area contributed by atoms with Crippen molar-refractivity contribution in [2.75, 3.05) is 19.0 Å². The van der Waals surface area contributed by atoms with E-state index in [1.807, 2.05) is 56.7 Å². The van der Waals surface area contributed by atoms with Gasteiger partial charge in [-0.05, 0) is 42.0 Å². The zero-order valence-electron chi connectivity index (χ0n) is 14.8. The van der Waals surface area contributed by atoms with Crippen LogP contribution in [-0.2, 0) is 0 Å². The van der Waals surface area contributed by atoms with Crippen molar-refractivity contribution in [1.82, 2.24) is 9.38 Å². The Hall–Kier alpha value is -3.40. The molecule has 0 fully saturated rings. The topological polar surface area (TPSA) is 37.6 Å². The van der Waals surface area contributed by atoms with Gasteiger partial charge in [-0.1, -0.05) is 24.3 Å². The molecular formula is C22H19N3O. The van der Waals surface area contributed by atoms with Gasteiger partial charge in [-0.3, -0.25) is 9.78 Å². The second-order valence-corrected chi connectivity index (χ2v) is 6.37. The van der Waals surface area contributed by atoms with Crippen LogP contribution in [0.15, 0.2) is 73.1 Å². The van der Waals surface area contributed by atoms with Crippen molar-refractivity contribution in [3.63, 3.8) is 0 Å². The molecule has 0 aliphatic carbocycles. The fourth-order valence-corrected chi connectivity index (χ4v) is 3.33. The minimum absolute atomic E-state index is 0.660. The van der Waals surface area contributed by atoms with Gasteiger partial charge in [-0.2, -0.15) is 0 Å². The van der Waals surface area contributed by atoms with E-state index in [1.165, 1.54) is 0 Å². The molecule has 0 bridgehead atoms. The minimum Gasteiger partial charge on any atom is -0.378 e. The fraction of sp³-hybridized carbons (Fsp3) is 0.0909. The van der Waals surface area contributed by atoms with Crippen molar-refractivity contribution in [3.8, 4) is 22.5 Å². The van der Waals surface area contributed by atoms with Gasteiger partial charge in [0.2, 0.25) is 0 Å². The van der Waals surface area contributed by atoms with Crippen LogP contribution in [0.25, 0.3) is 28.0 Å². The molecule has 0 saturated heterocycles. The summed E-state index contributed by atoms with van der Waals surface area (Å²) in [6.45, 7) is 0. The highest BCUT2D eigenvalue weighted by Crippen LogP contribution is 2.37. The molecule has 128 valence electrons. The van der Waals surface area contributed by atoms with E-state index >= 15 is 0 Å². The SMILES string of the molecule is CN(C)c1ccc(-c2c(C=O)c(-c3ccccn3)c3ccccn23)cc1. The molecule has 26 heavy (non-hydrogen) atoms. The maximum absolute atomic E-state index is 12.1. The third-order valence-electron chi connectivity index (χ3n) is 4.58. The zero-order chi connectivity index (χ0) is 18.1. The highest BCUT2D eigenvalue weighted by Gasteiger charge is 2.20. The zero-order valence-corrected chi connectivity index (χ0v) is 14.8. The van der Waals surface area contributed by atoms with E-state index in [0.717, 1.165) is 40.0 Å². The first-order valence-electron chi connectivity index (χ1n) is 8.48. The Morgan fingerprint density at radius 3 is 2.38 bits per heavy atom. The minimum atomic E-state index is 0.660. The summed E-state index contributed by atoms with van der Waals surface area (Å²) in [6, 6.07) is 20.0. The Balaban J connectivity index is 2.02. The van der Waals surface area contributed by atoms with E-state index < -0.39 is 0 Å². The van der Waals surface area contributed by atoms with Crippen molar-refractivity contribution < 1.29 is 4.79 Å². The number of aromatic nitrogens is 2. The van der Waals surface area contributed by atoms with Crippen molar-refractivity contribution in [2.24, 2.45) is 0 Å². The lowest BCUT2D eigenvalue weighted by Gasteiger charge is -2.13. The average molecular weight is 341 g/mol. The van der Waals surface area contributed by atoms with Gasteiger partial charge in [0, 0.05) is 37.7 Å². The van der Waals surface area contributed by atoms with E-state index in [4.69, 9.17) is 0 Å².